The third-order valence-corrected chi connectivity index (χ3v) is 4.09. The number of benzene rings is 1. The summed E-state index contributed by atoms with van der Waals surface area (Å²) in [5, 5.41) is 0. The van der Waals surface area contributed by atoms with E-state index in [1.54, 1.807) is 18.2 Å². The van der Waals surface area contributed by atoms with Crippen LogP contribution in [0, 0.1) is 5.82 Å². The van der Waals surface area contributed by atoms with Crippen LogP contribution in [-0.4, -0.2) is 24.9 Å². The van der Waals surface area contributed by atoms with Gasteiger partial charge in [-0.05, 0) is 39.8 Å². The van der Waals surface area contributed by atoms with Gasteiger partial charge >= 0.3 is 7.12 Å². The Bertz CT molecular complexity index is 530. The zero-order valence-electron chi connectivity index (χ0n) is 12.7. The van der Waals surface area contributed by atoms with Gasteiger partial charge in [-0.15, -0.1) is 0 Å². The van der Waals surface area contributed by atoms with Gasteiger partial charge in [0.25, 0.3) is 0 Å². The zero-order chi connectivity index (χ0) is 15.7. The Morgan fingerprint density at radius 3 is 2.38 bits per heavy atom. The molecule has 1 aliphatic heterocycles. The zero-order valence-corrected chi connectivity index (χ0v) is 13.4. The predicted molar refractivity (Wildman–Crippen MR) is 82.6 cm³/mol. The third-order valence-electron chi connectivity index (χ3n) is 3.91. The van der Waals surface area contributed by atoms with Crippen LogP contribution in [0.3, 0.4) is 0 Å². The van der Waals surface area contributed by atoms with Crippen molar-refractivity contribution in [2.24, 2.45) is 0 Å². The van der Waals surface area contributed by atoms with Gasteiger partial charge in [0.1, 0.15) is 18.2 Å². The maximum Gasteiger partial charge on any atom is 0.497 e. The molecule has 3 nitrogen and oxygen atoms in total. The fraction of sp³-hybridized carbons (Fsp3) is 0.467. The van der Waals surface area contributed by atoms with Crippen LogP contribution in [-0.2, 0) is 9.31 Å². The molecule has 1 fully saturated rings. The second-order valence-electron chi connectivity index (χ2n) is 5.94. The van der Waals surface area contributed by atoms with Crippen LogP contribution in [0.5, 0.6) is 5.75 Å². The van der Waals surface area contributed by atoms with Gasteiger partial charge in [-0.25, -0.2) is 4.39 Å². The summed E-state index contributed by atoms with van der Waals surface area (Å²) in [6.45, 7) is 8.02. The van der Waals surface area contributed by atoms with Crippen LogP contribution in [0.1, 0.15) is 27.7 Å². The summed E-state index contributed by atoms with van der Waals surface area (Å²) in [5.74, 6) is 0.0170. The fourth-order valence-corrected chi connectivity index (χ4v) is 2.01. The second-order valence-corrected chi connectivity index (χ2v) is 6.20. The summed E-state index contributed by atoms with van der Waals surface area (Å²) in [6, 6.07) is 4.63. The van der Waals surface area contributed by atoms with Crippen LogP contribution >= 0.6 is 11.6 Å². The van der Waals surface area contributed by atoms with Crippen LogP contribution < -0.4 is 10.2 Å². The van der Waals surface area contributed by atoms with E-state index in [0.29, 0.717) is 17.8 Å². The topological polar surface area (TPSA) is 27.7 Å². The molecular formula is C15H19BClFO3. The van der Waals surface area contributed by atoms with E-state index >= 15 is 0 Å². The first kappa shape index (κ1) is 16.3. The van der Waals surface area contributed by atoms with Gasteiger partial charge in [-0.2, -0.15) is 0 Å². The first-order valence-electron chi connectivity index (χ1n) is 6.80. The average Bonchev–Trinajstić information content (AvgIpc) is 2.58. The maximum absolute atomic E-state index is 14.2. The first-order chi connectivity index (χ1) is 9.77. The van der Waals surface area contributed by atoms with Crippen LogP contribution in [0.25, 0.3) is 0 Å². The molecule has 0 radical (unpaired) electrons. The van der Waals surface area contributed by atoms with Crippen molar-refractivity contribution in [3.8, 4) is 5.75 Å². The predicted octanol–water partition coefficient (Wildman–Crippen LogP) is 3.26. The summed E-state index contributed by atoms with van der Waals surface area (Å²) in [7, 11) is -0.716. The molecule has 0 bridgehead atoms. The monoisotopic (exact) mass is 312 g/mol. The van der Waals surface area contributed by atoms with Crippen LogP contribution in [0.4, 0.5) is 4.39 Å². The quantitative estimate of drug-likeness (QED) is 0.799. The van der Waals surface area contributed by atoms with Gasteiger partial charge in [0.15, 0.2) is 0 Å². The van der Waals surface area contributed by atoms with E-state index in [1.807, 2.05) is 27.7 Å². The number of hydrogen-bond acceptors (Lipinski definition) is 3. The molecule has 0 aliphatic carbocycles. The van der Waals surface area contributed by atoms with E-state index in [1.165, 1.54) is 11.6 Å². The molecule has 0 amide bonds. The molecule has 21 heavy (non-hydrogen) atoms. The van der Waals surface area contributed by atoms with Crippen molar-refractivity contribution in [1.82, 2.24) is 0 Å². The van der Waals surface area contributed by atoms with E-state index in [2.05, 4.69) is 0 Å². The summed E-state index contributed by atoms with van der Waals surface area (Å²) in [5.41, 5.74) is 0.734. The maximum atomic E-state index is 14.2. The second kappa shape index (κ2) is 5.99. The molecule has 0 saturated carbocycles. The molecule has 0 atom stereocenters. The van der Waals surface area contributed by atoms with E-state index in [4.69, 9.17) is 25.6 Å². The average molecular weight is 313 g/mol. The standard InChI is InChI=1S/C15H19BClFO3/c1-14(2)15(3,4)21-16(20-14)12-7-6-11(10-13(12)18)19-9-5-8-17/h5-8,10H,9H2,1-4H3/b8-5+. The number of ether oxygens (including phenoxy) is 1. The van der Waals surface area contributed by atoms with Crippen molar-refractivity contribution >= 4 is 24.2 Å². The SMILES string of the molecule is CC1(C)OB(c2ccc(OC/C=C/Cl)cc2F)OC1(C)C. The van der Waals surface area contributed by atoms with Crippen LogP contribution in [0.15, 0.2) is 29.8 Å². The molecule has 114 valence electrons. The summed E-state index contributed by atoms with van der Waals surface area (Å²) >= 11 is 5.40. The Hall–Kier alpha value is -1.04. The molecule has 0 unspecified atom stereocenters. The lowest BCUT2D eigenvalue weighted by atomic mass is 9.78. The summed E-state index contributed by atoms with van der Waals surface area (Å²) in [4.78, 5) is 0. The van der Waals surface area contributed by atoms with Crippen molar-refractivity contribution < 1.29 is 18.4 Å². The highest BCUT2D eigenvalue weighted by atomic mass is 35.5. The van der Waals surface area contributed by atoms with Gasteiger partial charge in [-0.1, -0.05) is 17.7 Å². The smallest absolute Gasteiger partial charge is 0.489 e. The van der Waals surface area contributed by atoms with E-state index in [0.717, 1.165) is 0 Å². The molecule has 0 spiro atoms. The van der Waals surface area contributed by atoms with Crippen molar-refractivity contribution in [2.45, 2.75) is 38.9 Å². The minimum Gasteiger partial charge on any atom is -0.489 e. The lowest BCUT2D eigenvalue weighted by Gasteiger charge is -2.32. The number of halogens is 2. The summed E-state index contributed by atoms with van der Waals surface area (Å²) < 4.78 is 31.2. The number of rotatable bonds is 4. The molecule has 0 N–H and O–H groups in total. The highest BCUT2D eigenvalue weighted by Crippen LogP contribution is 2.36. The Balaban J connectivity index is 2.15. The molecule has 1 aliphatic rings. The highest BCUT2D eigenvalue weighted by Gasteiger charge is 2.52. The first-order valence-corrected chi connectivity index (χ1v) is 7.23. The van der Waals surface area contributed by atoms with Gasteiger partial charge < -0.3 is 14.0 Å². The molecular weight excluding hydrogens is 293 g/mol. The minimum absolute atomic E-state index is 0.290. The largest absolute Gasteiger partial charge is 0.497 e. The summed E-state index contributed by atoms with van der Waals surface area (Å²) in [6.07, 6.45) is 1.63. The van der Waals surface area contributed by atoms with Gasteiger partial charge in [0.2, 0.25) is 0 Å². The Morgan fingerprint density at radius 2 is 1.86 bits per heavy atom. The Morgan fingerprint density at radius 1 is 1.24 bits per heavy atom. The van der Waals surface area contributed by atoms with Gasteiger partial charge in [0, 0.05) is 17.1 Å². The molecule has 1 aromatic rings. The van der Waals surface area contributed by atoms with Crippen molar-refractivity contribution in [3.05, 3.63) is 35.6 Å². The molecule has 1 aromatic carbocycles. The molecule has 2 rings (SSSR count). The van der Waals surface area contributed by atoms with Crippen molar-refractivity contribution in [2.75, 3.05) is 6.61 Å². The molecule has 6 heteroatoms. The van der Waals surface area contributed by atoms with E-state index < -0.39 is 24.1 Å². The van der Waals surface area contributed by atoms with Gasteiger partial charge in [0.05, 0.1) is 11.2 Å². The number of hydrogen-bond donors (Lipinski definition) is 0. The van der Waals surface area contributed by atoms with E-state index in [-0.39, 0.29) is 0 Å². The van der Waals surface area contributed by atoms with Crippen molar-refractivity contribution in [3.63, 3.8) is 0 Å². The Labute approximate surface area is 130 Å². The lowest BCUT2D eigenvalue weighted by molar-refractivity contribution is 0.00578. The van der Waals surface area contributed by atoms with Crippen molar-refractivity contribution in [1.29, 1.82) is 0 Å². The molecule has 1 heterocycles. The lowest BCUT2D eigenvalue weighted by Crippen LogP contribution is -2.41. The molecule has 0 aromatic heterocycles. The normalized spacial score (nSPS) is 20.2. The van der Waals surface area contributed by atoms with Gasteiger partial charge in [-0.3, -0.25) is 0 Å². The van der Waals surface area contributed by atoms with Crippen LogP contribution in [0.2, 0.25) is 0 Å². The highest BCUT2D eigenvalue weighted by molar-refractivity contribution is 6.62. The molecule has 1 saturated heterocycles. The third kappa shape index (κ3) is 3.42. The minimum atomic E-state index is -0.716. The fourth-order valence-electron chi connectivity index (χ4n) is 1.94. The Kier molecular flexibility index (Phi) is 4.66. The van der Waals surface area contributed by atoms with E-state index in [9.17, 15) is 4.39 Å².